The Morgan fingerprint density at radius 1 is 0.909 bits per heavy atom. The SMILES string of the molecule is O=C(C1CC2CCC1C2)N1CCCC(CN2CCCCC2)C1. The van der Waals surface area contributed by atoms with Crippen molar-refractivity contribution < 1.29 is 4.79 Å². The van der Waals surface area contributed by atoms with E-state index in [-0.39, 0.29) is 0 Å². The van der Waals surface area contributed by atoms with E-state index < -0.39 is 0 Å². The molecule has 0 aromatic carbocycles. The number of amides is 1. The lowest BCUT2D eigenvalue weighted by Gasteiger charge is -2.38. The van der Waals surface area contributed by atoms with Gasteiger partial charge < -0.3 is 9.80 Å². The second-order valence-corrected chi connectivity index (χ2v) is 8.44. The quantitative estimate of drug-likeness (QED) is 0.799. The number of fused-ring (bicyclic) bond motifs is 2. The average molecular weight is 304 g/mol. The van der Waals surface area contributed by atoms with Crippen molar-refractivity contribution >= 4 is 5.91 Å². The second kappa shape index (κ2) is 6.51. The third-order valence-corrected chi connectivity index (χ3v) is 6.85. The van der Waals surface area contributed by atoms with Gasteiger partial charge in [-0.1, -0.05) is 12.8 Å². The average Bonchev–Trinajstić information content (AvgIpc) is 3.18. The van der Waals surface area contributed by atoms with Crippen molar-refractivity contribution in [2.75, 3.05) is 32.7 Å². The van der Waals surface area contributed by atoms with Crippen molar-refractivity contribution in [3.63, 3.8) is 0 Å². The van der Waals surface area contributed by atoms with Crippen molar-refractivity contribution in [3.05, 3.63) is 0 Å². The number of piperidine rings is 2. The molecule has 4 fully saturated rings. The molecule has 2 heterocycles. The van der Waals surface area contributed by atoms with Gasteiger partial charge in [0.2, 0.25) is 5.91 Å². The fourth-order valence-electron chi connectivity index (χ4n) is 5.70. The van der Waals surface area contributed by atoms with Gasteiger partial charge in [-0.2, -0.15) is 0 Å². The van der Waals surface area contributed by atoms with E-state index in [0.717, 1.165) is 30.8 Å². The highest BCUT2D eigenvalue weighted by atomic mass is 16.2. The van der Waals surface area contributed by atoms with Crippen LogP contribution in [0.1, 0.15) is 57.8 Å². The summed E-state index contributed by atoms with van der Waals surface area (Å²) in [4.78, 5) is 17.8. The minimum absolute atomic E-state index is 0.396. The maximum atomic E-state index is 12.9. The lowest BCUT2D eigenvalue weighted by molar-refractivity contribution is -0.139. The number of hydrogen-bond acceptors (Lipinski definition) is 2. The standard InChI is InChI=1S/C19H32N2O/c22-19(18-12-15-6-7-17(18)11-15)21-10-4-5-16(14-21)13-20-8-2-1-3-9-20/h15-18H,1-14H2. The molecule has 2 aliphatic carbocycles. The summed E-state index contributed by atoms with van der Waals surface area (Å²) in [5.74, 6) is 3.27. The summed E-state index contributed by atoms with van der Waals surface area (Å²) in [5.41, 5.74) is 0. The first-order valence-electron chi connectivity index (χ1n) is 9.81. The number of rotatable bonds is 3. The predicted octanol–water partition coefficient (Wildman–Crippen LogP) is 3.15. The van der Waals surface area contributed by atoms with Gasteiger partial charge in [-0.25, -0.2) is 0 Å². The summed E-state index contributed by atoms with van der Waals surface area (Å²) in [6.45, 7) is 5.89. The van der Waals surface area contributed by atoms with Crippen LogP contribution in [0.2, 0.25) is 0 Å². The van der Waals surface area contributed by atoms with Gasteiger partial charge in [0.1, 0.15) is 0 Å². The number of carbonyl (C=O) groups is 1. The van der Waals surface area contributed by atoms with Crippen LogP contribution >= 0.6 is 0 Å². The zero-order valence-electron chi connectivity index (χ0n) is 14.0. The molecule has 0 aromatic rings. The largest absolute Gasteiger partial charge is 0.342 e. The summed E-state index contributed by atoms with van der Waals surface area (Å²) in [7, 11) is 0. The molecule has 1 amide bonds. The van der Waals surface area contributed by atoms with Crippen molar-refractivity contribution in [1.29, 1.82) is 0 Å². The van der Waals surface area contributed by atoms with Gasteiger partial charge >= 0.3 is 0 Å². The fourth-order valence-corrected chi connectivity index (χ4v) is 5.70. The van der Waals surface area contributed by atoms with E-state index in [2.05, 4.69) is 9.80 Å². The van der Waals surface area contributed by atoms with E-state index >= 15 is 0 Å². The number of carbonyl (C=O) groups excluding carboxylic acids is 1. The maximum absolute atomic E-state index is 12.9. The van der Waals surface area contributed by atoms with E-state index in [9.17, 15) is 4.79 Å². The van der Waals surface area contributed by atoms with E-state index in [1.165, 1.54) is 77.4 Å². The van der Waals surface area contributed by atoms with Crippen molar-refractivity contribution in [3.8, 4) is 0 Å². The van der Waals surface area contributed by atoms with Crippen LogP contribution in [0.3, 0.4) is 0 Å². The first-order valence-corrected chi connectivity index (χ1v) is 9.81. The summed E-state index contributed by atoms with van der Waals surface area (Å²) < 4.78 is 0. The Morgan fingerprint density at radius 3 is 2.50 bits per heavy atom. The van der Waals surface area contributed by atoms with Gasteiger partial charge in [0.25, 0.3) is 0 Å². The van der Waals surface area contributed by atoms with Crippen LogP contribution in [-0.4, -0.2) is 48.4 Å². The summed E-state index contributed by atoms with van der Waals surface area (Å²) in [5, 5.41) is 0. The van der Waals surface area contributed by atoms with Gasteiger partial charge in [-0.3, -0.25) is 4.79 Å². The molecule has 3 heteroatoms. The second-order valence-electron chi connectivity index (χ2n) is 8.44. The molecule has 4 rings (SSSR count). The Morgan fingerprint density at radius 2 is 1.77 bits per heavy atom. The molecule has 22 heavy (non-hydrogen) atoms. The number of hydrogen-bond donors (Lipinski definition) is 0. The minimum Gasteiger partial charge on any atom is -0.342 e. The van der Waals surface area contributed by atoms with E-state index in [1.807, 2.05) is 0 Å². The van der Waals surface area contributed by atoms with Gasteiger partial charge in [0, 0.05) is 25.6 Å². The normalized spacial score (nSPS) is 39.4. The fraction of sp³-hybridized carbons (Fsp3) is 0.947. The van der Waals surface area contributed by atoms with E-state index in [0.29, 0.717) is 11.8 Å². The van der Waals surface area contributed by atoms with Gasteiger partial charge in [0.15, 0.2) is 0 Å². The highest BCUT2D eigenvalue weighted by molar-refractivity contribution is 5.79. The monoisotopic (exact) mass is 304 g/mol. The first kappa shape index (κ1) is 15.0. The maximum Gasteiger partial charge on any atom is 0.225 e. The molecular formula is C19H32N2O. The lowest BCUT2D eigenvalue weighted by Crippen LogP contribution is -2.47. The molecule has 4 unspecified atom stereocenters. The Balaban J connectivity index is 1.31. The van der Waals surface area contributed by atoms with Crippen LogP contribution in [0, 0.1) is 23.7 Å². The molecule has 4 aliphatic rings. The number of likely N-dealkylation sites (tertiary alicyclic amines) is 2. The zero-order valence-corrected chi connectivity index (χ0v) is 14.0. The van der Waals surface area contributed by atoms with Crippen LogP contribution in [0.15, 0.2) is 0 Å². The molecule has 0 N–H and O–H groups in total. The van der Waals surface area contributed by atoms with Crippen LogP contribution in [0.5, 0.6) is 0 Å². The molecule has 124 valence electrons. The predicted molar refractivity (Wildman–Crippen MR) is 88.5 cm³/mol. The highest BCUT2D eigenvalue weighted by Crippen LogP contribution is 2.49. The van der Waals surface area contributed by atoms with Gasteiger partial charge in [0.05, 0.1) is 0 Å². The molecule has 2 bridgehead atoms. The van der Waals surface area contributed by atoms with E-state index in [1.54, 1.807) is 0 Å². The van der Waals surface area contributed by atoms with Crippen LogP contribution in [-0.2, 0) is 4.79 Å². The van der Waals surface area contributed by atoms with Gasteiger partial charge in [-0.15, -0.1) is 0 Å². The van der Waals surface area contributed by atoms with Crippen molar-refractivity contribution in [1.82, 2.24) is 9.80 Å². The highest BCUT2D eigenvalue weighted by Gasteiger charge is 2.44. The summed E-state index contributed by atoms with van der Waals surface area (Å²) >= 11 is 0. The lowest BCUT2D eigenvalue weighted by atomic mass is 9.86. The molecule has 0 radical (unpaired) electrons. The van der Waals surface area contributed by atoms with E-state index in [4.69, 9.17) is 0 Å². The summed E-state index contributed by atoms with van der Waals surface area (Å²) in [6, 6.07) is 0. The van der Waals surface area contributed by atoms with Crippen molar-refractivity contribution in [2.45, 2.75) is 57.8 Å². The third kappa shape index (κ3) is 3.06. The minimum atomic E-state index is 0.396. The molecule has 4 atom stereocenters. The molecule has 0 spiro atoms. The molecular weight excluding hydrogens is 272 g/mol. The molecule has 2 saturated carbocycles. The first-order chi connectivity index (χ1) is 10.8. The Kier molecular flexibility index (Phi) is 4.43. The zero-order chi connectivity index (χ0) is 14.9. The molecule has 2 aliphatic heterocycles. The summed E-state index contributed by atoms with van der Waals surface area (Å²) in [6.07, 6.45) is 12.0. The molecule has 2 saturated heterocycles. The third-order valence-electron chi connectivity index (χ3n) is 6.85. The van der Waals surface area contributed by atoms with Crippen LogP contribution < -0.4 is 0 Å². The topological polar surface area (TPSA) is 23.6 Å². The van der Waals surface area contributed by atoms with Crippen molar-refractivity contribution in [2.24, 2.45) is 23.7 Å². The Bertz CT molecular complexity index is 404. The molecule has 3 nitrogen and oxygen atoms in total. The Labute approximate surface area is 135 Å². The van der Waals surface area contributed by atoms with Gasteiger partial charge in [-0.05, 0) is 75.8 Å². The smallest absolute Gasteiger partial charge is 0.225 e. The van der Waals surface area contributed by atoms with Crippen LogP contribution in [0.4, 0.5) is 0 Å². The molecule has 0 aromatic heterocycles. The Hall–Kier alpha value is -0.570. The number of nitrogens with zero attached hydrogens (tertiary/aromatic N) is 2. The van der Waals surface area contributed by atoms with Crippen LogP contribution in [0.25, 0.3) is 0 Å².